The first-order valence-electron chi connectivity index (χ1n) is 8.59. The minimum Gasteiger partial charge on any atom is -0.357 e. The minimum atomic E-state index is -0.651. The van der Waals surface area contributed by atoms with E-state index in [1.54, 1.807) is 31.2 Å². The van der Waals surface area contributed by atoms with Gasteiger partial charge in [-0.3, -0.25) is 9.59 Å². The Bertz CT molecular complexity index is 833. The Kier molecular flexibility index (Phi) is 8.60. The van der Waals surface area contributed by atoms with E-state index in [1.807, 2.05) is 6.07 Å². The number of carbonyl (C=O) groups excluding carboxylic acids is 2. The quantitative estimate of drug-likeness (QED) is 0.653. The zero-order valence-electron chi connectivity index (χ0n) is 15.5. The number of likely N-dealkylation sites (N-methyl/N-ethyl adjacent to an activating group) is 1. The second-order valence-corrected chi connectivity index (χ2v) is 8.00. The van der Waals surface area contributed by atoms with Crippen molar-refractivity contribution in [2.45, 2.75) is 25.3 Å². The molecule has 150 valence electrons. The van der Waals surface area contributed by atoms with Gasteiger partial charge in [-0.2, -0.15) is 0 Å². The third-order valence-corrected chi connectivity index (χ3v) is 5.73. The monoisotopic (exact) mass is 442 g/mol. The van der Waals surface area contributed by atoms with Gasteiger partial charge in [0.15, 0.2) is 0 Å². The second kappa shape index (κ2) is 10.7. The molecule has 8 heteroatoms. The molecule has 0 saturated carbocycles. The molecule has 0 radical (unpaired) electrons. The molecule has 1 N–H and O–H groups in total. The Morgan fingerprint density at radius 3 is 2.46 bits per heavy atom. The summed E-state index contributed by atoms with van der Waals surface area (Å²) < 4.78 is 13.1. The van der Waals surface area contributed by atoms with Crippen LogP contribution in [0.2, 0.25) is 10.0 Å². The van der Waals surface area contributed by atoms with Crippen LogP contribution in [0, 0.1) is 5.82 Å². The molecule has 28 heavy (non-hydrogen) atoms. The third-order valence-electron chi connectivity index (χ3n) is 4.18. The molecule has 0 aromatic heterocycles. The lowest BCUT2D eigenvalue weighted by Crippen LogP contribution is -2.47. The first kappa shape index (κ1) is 22.5. The van der Waals surface area contributed by atoms with Crippen molar-refractivity contribution in [1.29, 1.82) is 0 Å². The number of hydrogen-bond donors (Lipinski definition) is 1. The smallest absolute Gasteiger partial charge is 0.242 e. The Hall–Kier alpha value is -1.76. The Morgan fingerprint density at radius 2 is 1.86 bits per heavy atom. The van der Waals surface area contributed by atoms with Crippen LogP contribution in [-0.2, 0) is 21.9 Å². The van der Waals surface area contributed by atoms with E-state index < -0.39 is 6.04 Å². The van der Waals surface area contributed by atoms with Gasteiger partial charge in [0.25, 0.3) is 0 Å². The highest BCUT2D eigenvalue weighted by Gasteiger charge is 2.25. The van der Waals surface area contributed by atoms with Crippen molar-refractivity contribution in [3.8, 4) is 0 Å². The fourth-order valence-electron chi connectivity index (χ4n) is 2.55. The summed E-state index contributed by atoms with van der Waals surface area (Å²) in [4.78, 5) is 26.4. The minimum absolute atomic E-state index is 0.182. The fourth-order valence-corrected chi connectivity index (χ4v) is 4.02. The lowest BCUT2D eigenvalue weighted by atomic mass is 10.1. The number of amides is 2. The molecule has 0 aliphatic rings. The molecule has 0 saturated heterocycles. The van der Waals surface area contributed by atoms with Crippen LogP contribution in [0.4, 0.5) is 4.39 Å². The maximum absolute atomic E-state index is 13.1. The molecule has 2 rings (SSSR count). The van der Waals surface area contributed by atoms with E-state index in [0.29, 0.717) is 15.8 Å². The van der Waals surface area contributed by atoms with Gasteiger partial charge in [-0.1, -0.05) is 41.4 Å². The van der Waals surface area contributed by atoms with Crippen molar-refractivity contribution < 1.29 is 14.0 Å². The standard InChI is InChI=1S/C20H21Cl2FN2O2S/c1-13(20(27)24-2)25(10-14-3-7-17(23)8-4-14)19(26)12-28-11-15-5-6-16(21)9-18(15)22/h3-9,13H,10-12H2,1-2H3,(H,24,27)/t13-/m1/s1. The van der Waals surface area contributed by atoms with Crippen LogP contribution in [-0.4, -0.2) is 35.6 Å². The van der Waals surface area contributed by atoms with Crippen molar-refractivity contribution in [3.05, 3.63) is 69.5 Å². The molecule has 0 spiro atoms. The highest BCUT2D eigenvalue weighted by atomic mass is 35.5. The Labute approximate surface area is 178 Å². The Balaban J connectivity index is 2.05. The number of nitrogens with one attached hydrogen (secondary N) is 1. The van der Waals surface area contributed by atoms with Gasteiger partial charge in [0.2, 0.25) is 11.8 Å². The van der Waals surface area contributed by atoms with Crippen molar-refractivity contribution in [1.82, 2.24) is 10.2 Å². The molecule has 4 nitrogen and oxygen atoms in total. The molecule has 0 bridgehead atoms. The van der Waals surface area contributed by atoms with Gasteiger partial charge in [-0.15, -0.1) is 11.8 Å². The molecule has 2 aromatic carbocycles. The normalized spacial score (nSPS) is 11.8. The van der Waals surface area contributed by atoms with Crippen molar-refractivity contribution in [2.24, 2.45) is 0 Å². The highest BCUT2D eigenvalue weighted by molar-refractivity contribution is 7.99. The molecular formula is C20H21Cl2FN2O2S. The van der Waals surface area contributed by atoms with E-state index in [4.69, 9.17) is 23.2 Å². The third kappa shape index (κ3) is 6.40. The predicted octanol–water partition coefficient (Wildman–Crippen LogP) is 4.53. The van der Waals surface area contributed by atoms with Crippen molar-refractivity contribution in [2.75, 3.05) is 12.8 Å². The van der Waals surface area contributed by atoms with Crippen molar-refractivity contribution >= 4 is 46.8 Å². The summed E-state index contributed by atoms with van der Waals surface area (Å²) in [6.45, 7) is 1.89. The second-order valence-electron chi connectivity index (χ2n) is 6.17. The summed E-state index contributed by atoms with van der Waals surface area (Å²) in [5.74, 6) is -0.0739. The summed E-state index contributed by atoms with van der Waals surface area (Å²) in [6.07, 6.45) is 0. The maximum atomic E-state index is 13.1. The van der Waals surface area contributed by atoms with E-state index >= 15 is 0 Å². The Morgan fingerprint density at radius 1 is 1.18 bits per heavy atom. The van der Waals surface area contributed by atoms with Crippen LogP contribution in [0.5, 0.6) is 0 Å². The molecular weight excluding hydrogens is 422 g/mol. The van der Waals surface area contributed by atoms with Gasteiger partial charge in [0.1, 0.15) is 11.9 Å². The van der Waals surface area contributed by atoms with Gasteiger partial charge in [-0.05, 0) is 42.3 Å². The molecule has 1 atom stereocenters. The van der Waals surface area contributed by atoms with E-state index in [0.717, 1.165) is 11.1 Å². The van der Waals surface area contributed by atoms with Gasteiger partial charge in [0.05, 0.1) is 5.75 Å². The molecule has 0 unspecified atom stereocenters. The molecule has 0 aliphatic carbocycles. The van der Waals surface area contributed by atoms with E-state index in [-0.39, 0.29) is 29.9 Å². The molecule has 2 amide bonds. The zero-order chi connectivity index (χ0) is 20.7. The summed E-state index contributed by atoms with van der Waals surface area (Å²) in [5, 5.41) is 3.67. The molecule has 0 aliphatic heterocycles. The molecule has 0 heterocycles. The summed E-state index contributed by atoms with van der Waals surface area (Å²) in [6, 6.07) is 10.5. The number of halogens is 3. The number of thioether (sulfide) groups is 1. The SMILES string of the molecule is CNC(=O)[C@@H](C)N(Cc1ccc(F)cc1)C(=O)CSCc1ccc(Cl)cc1Cl. The van der Waals surface area contributed by atoms with E-state index in [2.05, 4.69) is 5.32 Å². The summed E-state index contributed by atoms with van der Waals surface area (Å²) in [5.41, 5.74) is 1.63. The van der Waals surface area contributed by atoms with Gasteiger partial charge < -0.3 is 10.2 Å². The lowest BCUT2D eigenvalue weighted by molar-refractivity contribution is -0.138. The topological polar surface area (TPSA) is 49.4 Å². The highest BCUT2D eigenvalue weighted by Crippen LogP contribution is 2.25. The number of hydrogen-bond acceptors (Lipinski definition) is 3. The maximum Gasteiger partial charge on any atom is 0.242 e. The summed E-state index contributed by atoms with van der Waals surface area (Å²) >= 11 is 13.5. The number of benzene rings is 2. The largest absolute Gasteiger partial charge is 0.357 e. The van der Waals surface area contributed by atoms with Crippen LogP contribution in [0.15, 0.2) is 42.5 Å². The van der Waals surface area contributed by atoms with Crippen LogP contribution in [0.25, 0.3) is 0 Å². The van der Waals surface area contributed by atoms with Crippen LogP contribution in [0.3, 0.4) is 0 Å². The van der Waals surface area contributed by atoms with Crippen LogP contribution in [0.1, 0.15) is 18.1 Å². The zero-order valence-corrected chi connectivity index (χ0v) is 17.9. The average molecular weight is 443 g/mol. The van der Waals surface area contributed by atoms with E-state index in [9.17, 15) is 14.0 Å². The first-order valence-corrected chi connectivity index (χ1v) is 10.5. The number of rotatable bonds is 8. The van der Waals surface area contributed by atoms with Gasteiger partial charge >= 0.3 is 0 Å². The predicted molar refractivity (Wildman–Crippen MR) is 113 cm³/mol. The van der Waals surface area contributed by atoms with Crippen LogP contribution >= 0.6 is 35.0 Å². The van der Waals surface area contributed by atoms with Crippen molar-refractivity contribution in [3.63, 3.8) is 0 Å². The average Bonchev–Trinajstić information content (AvgIpc) is 2.67. The fraction of sp³-hybridized carbons (Fsp3) is 0.300. The molecule has 0 fully saturated rings. The van der Waals surface area contributed by atoms with E-state index in [1.165, 1.54) is 35.8 Å². The lowest BCUT2D eigenvalue weighted by Gasteiger charge is -2.28. The number of carbonyl (C=O) groups is 2. The number of nitrogens with zero attached hydrogens (tertiary/aromatic N) is 1. The van der Waals surface area contributed by atoms with Gasteiger partial charge in [-0.25, -0.2) is 4.39 Å². The summed E-state index contributed by atoms with van der Waals surface area (Å²) in [7, 11) is 1.52. The molecule has 2 aromatic rings. The first-order chi connectivity index (χ1) is 13.3. The van der Waals surface area contributed by atoms with Crippen LogP contribution < -0.4 is 5.32 Å². The van der Waals surface area contributed by atoms with Gasteiger partial charge in [0, 0.05) is 29.4 Å².